The van der Waals surface area contributed by atoms with Crippen molar-refractivity contribution in [1.82, 2.24) is 0 Å². The molecule has 0 aliphatic rings. The molecule has 0 aromatic heterocycles. The minimum absolute atomic E-state index is 0.0762. The first-order valence-electron chi connectivity index (χ1n) is 4.19. The summed E-state index contributed by atoms with van der Waals surface area (Å²) in [5.74, 6) is -0.359. The zero-order chi connectivity index (χ0) is 10.1. The molecule has 0 N–H and O–H groups in total. The summed E-state index contributed by atoms with van der Waals surface area (Å²) in [6.45, 7) is 4.29. The van der Waals surface area contributed by atoms with Gasteiger partial charge in [0.1, 0.15) is 0 Å². The summed E-state index contributed by atoms with van der Waals surface area (Å²) in [7, 11) is 1.34. The van der Waals surface area contributed by atoms with Gasteiger partial charge in [-0.3, -0.25) is 0 Å². The van der Waals surface area contributed by atoms with Crippen molar-refractivity contribution in [2.45, 2.75) is 20.0 Å². The SMILES string of the molecule is CC=CC(C)OCC=CC(=O)OC. The van der Waals surface area contributed by atoms with E-state index < -0.39 is 0 Å². The van der Waals surface area contributed by atoms with Crippen molar-refractivity contribution in [2.75, 3.05) is 13.7 Å². The second-order valence-electron chi connectivity index (χ2n) is 2.49. The van der Waals surface area contributed by atoms with Gasteiger partial charge in [-0.15, -0.1) is 0 Å². The lowest BCUT2D eigenvalue weighted by molar-refractivity contribution is -0.134. The summed E-state index contributed by atoms with van der Waals surface area (Å²) in [4.78, 5) is 10.6. The standard InChI is InChI=1S/C10H16O3/c1-4-6-9(2)13-8-5-7-10(11)12-3/h4-7,9H,8H2,1-3H3. The first-order chi connectivity index (χ1) is 6.20. The van der Waals surface area contributed by atoms with Crippen LogP contribution in [0.15, 0.2) is 24.3 Å². The van der Waals surface area contributed by atoms with E-state index in [1.165, 1.54) is 13.2 Å². The number of hydrogen-bond acceptors (Lipinski definition) is 3. The topological polar surface area (TPSA) is 35.5 Å². The van der Waals surface area contributed by atoms with Gasteiger partial charge in [-0.05, 0) is 13.8 Å². The molecule has 0 rings (SSSR count). The molecule has 0 radical (unpaired) electrons. The fourth-order valence-electron chi connectivity index (χ4n) is 0.746. The first-order valence-corrected chi connectivity index (χ1v) is 4.19. The van der Waals surface area contributed by atoms with Crippen LogP contribution >= 0.6 is 0 Å². The fraction of sp³-hybridized carbons (Fsp3) is 0.500. The molecule has 0 aliphatic heterocycles. The van der Waals surface area contributed by atoms with E-state index >= 15 is 0 Å². The molecule has 0 bridgehead atoms. The maximum Gasteiger partial charge on any atom is 0.330 e. The number of esters is 1. The van der Waals surface area contributed by atoms with Gasteiger partial charge < -0.3 is 9.47 Å². The van der Waals surface area contributed by atoms with Gasteiger partial charge in [-0.1, -0.05) is 18.2 Å². The third-order valence-electron chi connectivity index (χ3n) is 1.37. The molecule has 0 saturated heterocycles. The Morgan fingerprint density at radius 3 is 2.77 bits per heavy atom. The van der Waals surface area contributed by atoms with Crippen LogP contribution in [0.2, 0.25) is 0 Å². The molecule has 13 heavy (non-hydrogen) atoms. The highest BCUT2D eigenvalue weighted by Crippen LogP contribution is 1.92. The fourth-order valence-corrected chi connectivity index (χ4v) is 0.746. The van der Waals surface area contributed by atoms with Gasteiger partial charge in [0, 0.05) is 6.08 Å². The zero-order valence-corrected chi connectivity index (χ0v) is 8.32. The summed E-state index contributed by atoms with van der Waals surface area (Å²) >= 11 is 0. The number of ether oxygens (including phenoxy) is 2. The molecule has 1 unspecified atom stereocenters. The lowest BCUT2D eigenvalue weighted by Gasteiger charge is -2.04. The molecule has 3 nitrogen and oxygen atoms in total. The molecule has 0 saturated carbocycles. The van der Waals surface area contributed by atoms with Crippen LogP contribution in [0, 0.1) is 0 Å². The molecule has 0 aromatic rings. The van der Waals surface area contributed by atoms with Gasteiger partial charge in [0.15, 0.2) is 0 Å². The van der Waals surface area contributed by atoms with Crippen molar-refractivity contribution in [1.29, 1.82) is 0 Å². The molecule has 0 amide bonds. The van der Waals surface area contributed by atoms with Crippen molar-refractivity contribution in [2.24, 2.45) is 0 Å². The van der Waals surface area contributed by atoms with Gasteiger partial charge in [0.25, 0.3) is 0 Å². The number of rotatable bonds is 5. The summed E-state index contributed by atoms with van der Waals surface area (Å²) in [5, 5.41) is 0. The predicted octanol–water partition coefficient (Wildman–Crippen LogP) is 1.70. The first kappa shape index (κ1) is 11.9. The van der Waals surface area contributed by atoms with Crippen molar-refractivity contribution < 1.29 is 14.3 Å². The highest BCUT2D eigenvalue weighted by Gasteiger charge is 1.93. The van der Waals surface area contributed by atoms with Crippen molar-refractivity contribution in [3.8, 4) is 0 Å². The Kier molecular flexibility index (Phi) is 6.92. The van der Waals surface area contributed by atoms with Crippen LogP contribution in [-0.2, 0) is 14.3 Å². The molecule has 0 aromatic carbocycles. The van der Waals surface area contributed by atoms with Crippen molar-refractivity contribution >= 4 is 5.97 Å². The van der Waals surface area contributed by atoms with Gasteiger partial charge in [0.2, 0.25) is 0 Å². The third kappa shape index (κ3) is 7.28. The number of carbonyl (C=O) groups excluding carboxylic acids is 1. The van der Waals surface area contributed by atoms with Crippen LogP contribution < -0.4 is 0 Å². The second-order valence-corrected chi connectivity index (χ2v) is 2.49. The van der Waals surface area contributed by atoms with E-state index in [-0.39, 0.29) is 12.1 Å². The van der Waals surface area contributed by atoms with Crippen LogP contribution in [0.1, 0.15) is 13.8 Å². The highest BCUT2D eigenvalue weighted by molar-refractivity contribution is 5.81. The summed E-state index contributed by atoms with van der Waals surface area (Å²) < 4.78 is 9.71. The Labute approximate surface area is 79.0 Å². The van der Waals surface area contributed by atoms with Crippen LogP contribution in [0.5, 0.6) is 0 Å². The van der Waals surface area contributed by atoms with Crippen LogP contribution in [0.3, 0.4) is 0 Å². The Morgan fingerprint density at radius 2 is 2.23 bits per heavy atom. The average Bonchev–Trinajstić information content (AvgIpc) is 2.12. The van der Waals surface area contributed by atoms with E-state index in [4.69, 9.17) is 4.74 Å². The minimum Gasteiger partial charge on any atom is -0.466 e. The van der Waals surface area contributed by atoms with Crippen molar-refractivity contribution in [3.05, 3.63) is 24.3 Å². The normalized spacial score (nSPS) is 13.8. The Morgan fingerprint density at radius 1 is 1.54 bits per heavy atom. The van der Waals surface area contributed by atoms with E-state index in [1.807, 2.05) is 26.0 Å². The minimum atomic E-state index is -0.359. The summed E-state index contributed by atoms with van der Waals surface area (Å²) in [6.07, 6.45) is 6.92. The number of carbonyl (C=O) groups is 1. The molecule has 1 atom stereocenters. The quantitative estimate of drug-likeness (QED) is 0.370. The molecular weight excluding hydrogens is 168 g/mol. The van der Waals surface area contributed by atoms with Crippen LogP contribution in [0.25, 0.3) is 0 Å². The second kappa shape index (κ2) is 7.55. The zero-order valence-electron chi connectivity index (χ0n) is 8.32. The molecule has 0 fully saturated rings. The Balaban J connectivity index is 3.55. The van der Waals surface area contributed by atoms with Crippen LogP contribution in [-0.4, -0.2) is 25.8 Å². The summed E-state index contributed by atoms with van der Waals surface area (Å²) in [6, 6.07) is 0. The van der Waals surface area contributed by atoms with Gasteiger partial charge in [-0.25, -0.2) is 4.79 Å². The average molecular weight is 184 g/mol. The van der Waals surface area contributed by atoms with Gasteiger partial charge in [0.05, 0.1) is 19.8 Å². The Hall–Kier alpha value is -1.09. The monoisotopic (exact) mass is 184 g/mol. The van der Waals surface area contributed by atoms with E-state index in [1.54, 1.807) is 6.08 Å². The van der Waals surface area contributed by atoms with E-state index in [9.17, 15) is 4.79 Å². The maximum atomic E-state index is 10.6. The molecule has 74 valence electrons. The van der Waals surface area contributed by atoms with Crippen molar-refractivity contribution in [3.63, 3.8) is 0 Å². The highest BCUT2D eigenvalue weighted by atomic mass is 16.5. The third-order valence-corrected chi connectivity index (χ3v) is 1.37. The molecule has 0 spiro atoms. The number of allylic oxidation sites excluding steroid dienone is 1. The Bertz CT molecular complexity index is 194. The van der Waals surface area contributed by atoms with Crippen LogP contribution in [0.4, 0.5) is 0 Å². The van der Waals surface area contributed by atoms with E-state index in [2.05, 4.69) is 4.74 Å². The smallest absolute Gasteiger partial charge is 0.330 e. The maximum absolute atomic E-state index is 10.6. The summed E-state index contributed by atoms with van der Waals surface area (Å²) in [5.41, 5.74) is 0. The number of hydrogen-bond donors (Lipinski definition) is 0. The molecule has 0 aliphatic carbocycles. The van der Waals surface area contributed by atoms with Gasteiger partial charge >= 0.3 is 5.97 Å². The number of methoxy groups -OCH3 is 1. The lowest BCUT2D eigenvalue weighted by Crippen LogP contribution is -2.04. The largest absolute Gasteiger partial charge is 0.466 e. The van der Waals surface area contributed by atoms with E-state index in [0.717, 1.165) is 0 Å². The lowest BCUT2D eigenvalue weighted by atomic mass is 10.3. The van der Waals surface area contributed by atoms with E-state index in [0.29, 0.717) is 6.61 Å². The molecule has 0 heterocycles. The van der Waals surface area contributed by atoms with Gasteiger partial charge in [-0.2, -0.15) is 0 Å². The molecular formula is C10H16O3. The predicted molar refractivity (Wildman–Crippen MR) is 51.4 cm³/mol. The molecule has 3 heteroatoms.